The van der Waals surface area contributed by atoms with Gasteiger partial charge in [0, 0.05) is 30.9 Å². The molecule has 1 saturated carbocycles. The average Bonchev–Trinajstić information content (AvgIpc) is 3.35. The first kappa shape index (κ1) is 21.3. The minimum absolute atomic E-state index is 0.0389. The van der Waals surface area contributed by atoms with Crippen LogP contribution in [0.25, 0.3) is 0 Å². The highest BCUT2D eigenvalue weighted by Gasteiger charge is 2.44. The third-order valence-corrected chi connectivity index (χ3v) is 6.26. The van der Waals surface area contributed by atoms with Crippen LogP contribution in [0.1, 0.15) is 43.0 Å². The molecule has 4 rings (SSSR count). The molecule has 1 aromatic heterocycles. The van der Waals surface area contributed by atoms with E-state index in [1.807, 2.05) is 5.38 Å². The Hall–Kier alpha value is -1.97. The third-order valence-electron chi connectivity index (χ3n) is 5.46. The molecular weight excluding hydrogens is 415 g/mol. The zero-order chi connectivity index (χ0) is 21.5. The quantitative estimate of drug-likeness (QED) is 0.745. The SMILES string of the molecule is CC1CN(Cc2csc(NC(=O)C3CC3c3ccc(C(F)(F)F)cc3)n2)CC(C)O1. The van der Waals surface area contributed by atoms with Gasteiger partial charge >= 0.3 is 6.18 Å². The summed E-state index contributed by atoms with van der Waals surface area (Å²) in [4.78, 5) is 19.3. The van der Waals surface area contributed by atoms with Crippen LogP contribution < -0.4 is 5.32 Å². The summed E-state index contributed by atoms with van der Waals surface area (Å²) < 4.78 is 43.8. The van der Waals surface area contributed by atoms with Gasteiger partial charge in [0.15, 0.2) is 5.13 Å². The summed E-state index contributed by atoms with van der Waals surface area (Å²) in [6.07, 6.45) is -3.34. The van der Waals surface area contributed by atoms with Crippen LogP contribution in [0.4, 0.5) is 18.3 Å². The van der Waals surface area contributed by atoms with Gasteiger partial charge in [0.1, 0.15) is 0 Å². The number of alkyl halides is 3. The number of halogens is 3. The predicted molar refractivity (Wildman–Crippen MR) is 108 cm³/mol. The molecule has 2 heterocycles. The number of thiazole rings is 1. The van der Waals surface area contributed by atoms with Crippen LogP contribution in [-0.2, 0) is 22.3 Å². The van der Waals surface area contributed by atoms with Crippen molar-refractivity contribution in [2.45, 2.75) is 51.1 Å². The van der Waals surface area contributed by atoms with Crippen LogP contribution in [0.2, 0.25) is 0 Å². The lowest BCUT2D eigenvalue weighted by Crippen LogP contribution is -2.44. The van der Waals surface area contributed by atoms with E-state index in [1.165, 1.54) is 23.5 Å². The average molecular weight is 440 g/mol. The van der Waals surface area contributed by atoms with Crippen molar-refractivity contribution in [1.82, 2.24) is 9.88 Å². The zero-order valence-electron chi connectivity index (χ0n) is 16.8. The van der Waals surface area contributed by atoms with Crippen LogP contribution in [0, 0.1) is 5.92 Å². The molecule has 5 nitrogen and oxygen atoms in total. The number of carbonyl (C=O) groups excluding carboxylic acids is 1. The summed E-state index contributed by atoms with van der Waals surface area (Å²) in [7, 11) is 0. The van der Waals surface area contributed by atoms with E-state index < -0.39 is 11.7 Å². The van der Waals surface area contributed by atoms with E-state index in [2.05, 4.69) is 29.0 Å². The zero-order valence-corrected chi connectivity index (χ0v) is 17.6. The lowest BCUT2D eigenvalue weighted by atomic mass is 10.1. The fourth-order valence-electron chi connectivity index (χ4n) is 4.05. The summed E-state index contributed by atoms with van der Waals surface area (Å²) in [6, 6.07) is 5.07. The van der Waals surface area contributed by atoms with E-state index in [4.69, 9.17) is 4.74 Å². The van der Waals surface area contributed by atoms with Gasteiger partial charge in [-0.1, -0.05) is 12.1 Å². The van der Waals surface area contributed by atoms with E-state index in [9.17, 15) is 18.0 Å². The Morgan fingerprint density at radius 3 is 2.53 bits per heavy atom. The van der Waals surface area contributed by atoms with Crippen LogP contribution >= 0.6 is 11.3 Å². The lowest BCUT2D eigenvalue weighted by molar-refractivity contribution is -0.137. The second kappa shape index (κ2) is 8.28. The van der Waals surface area contributed by atoms with Gasteiger partial charge in [0.05, 0.1) is 23.5 Å². The molecule has 1 aliphatic heterocycles. The summed E-state index contributed by atoms with van der Waals surface area (Å²) in [6.45, 7) is 6.51. The van der Waals surface area contributed by atoms with Crippen molar-refractivity contribution in [3.05, 3.63) is 46.5 Å². The highest BCUT2D eigenvalue weighted by Crippen LogP contribution is 2.48. The second-order valence-corrected chi connectivity index (χ2v) is 9.01. The predicted octanol–water partition coefficient (Wildman–Crippen LogP) is 4.51. The Kier molecular flexibility index (Phi) is 5.87. The summed E-state index contributed by atoms with van der Waals surface area (Å²) in [5.41, 5.74) is 0.998. The normalized spacial score (nSPS) is 27.1. The van der Waals surface area contributed by atoms with Gasteiger partial charge in [-0.3, -0.25) is 9.69 Å². The number of hydrogen-bond acceptors (Lipinski definition) is 5. The highest BCUT2D eigenvalue weighted by molar-refractivity contribution is 7.13. The Balaban J connectivity index is 1.30. The number of nitrogens with one attached hydrogen (secondary N) is 1. The molecule has 1 N–H and O–H groups in total. The molecule has 4 unspecified atom stereocenters. The van der Waals surface area contributed by atoms with E-state index in [0.29, 0.717) is 18.1 Å². The minimum atomic E-state index is -4.35. The molecule has 162 valence electrons. The molecule has 1 aromatic carbocycles. The molecular formula is C21H24F3N3O2S. The van der Waals surface area contributed by atoms with Gasteiger partial charge in [0.2, 0.25) is 5.91 Å². The van der Waals surface area contributed by atoms with E-state index in [1.54, 1.807) is 0 Å². The highest BCUT2D eigenvalue weighted by atomic mass is 32.1. The number of benzene rings is 1. The molecule has 4 atom stereocenters. The molecule has 2 aliphatic rings. The van der Waals surface area contributed by atoms with Crippen molar-refractivity contribution >= 4 is 22.4 Å². The summed E-state index contributed by atoms with van der Waals surface area (Å²) >= 11 is 1.39. The van der Waals surface area contributed by atoms with Crippen molar-refractivity contribution in [2.24, 2.45) is 5.92 Å². The first-order valence-electron chi connectivity index (χ1n) is 9.99. The number of aromatic nitrogens is 1. The summed E-state index contributed by atoms with van der Waals surface area (Å²) in [5, 5.41) is 5.36. The van der Waals surface area contributed by atoms with Gasteiger partial charge in [-0.2, -0.15) is 13.2 Å². The lowest BCUT2D eigenvalue weighted by Gasteiger charge is -2.34. The van der Waals surface area contributed by atoms with Crippen molar-refractivity contribution in [3.8, 4) is 0 Å². The van der Waals surface area contributed by atoms with Crippen LogP contribution in [0.3, 0.4) is 0 Å². The Morgan fingerprint density at radius 1 is 1.23 bits per heavy atom. The van der Waals surface area contributed by atoms with Gasteiger partial charge in [0.25, 0.3) is 0 Å². The molecule has 1 aliphatic carbocycles. The number of morpholine rings is 1. The van der Waals surface area contributed by atoms with Crippen molar-refractivity contribution in [2.75, 3.05) is 18.4 Å². The molecule has 0 radical (unpaired) electrons. The monoisotopic (exact) mass is 439 g/mol. The number of hydrogen-bond donors (Lipinski definition) is 1. The largest absolute Gasteiger partial charge is 0.416 e. The van der Waals surface area contributed by atoms with Gasteiger partial charge in [-0.25, -0.2) is 4.98 Å². The Labute approximate surface area is 177 Å². The molecule has 9 heteroatoms. The molecule has 2 aromatic rings. The maximum atomic E-state index is 12.7. The number of amides is 1. The molecule has 30 heavy (non-hydrogen) atoms. The van der Waals surface area contributed by atoms with Crippen LogP contribution in [0.15, 0.2) is 29.6 Å². The third kappa shape index (κ3) is 5.01. The molecule has 1 amide bonds. The van der Waals surface area contributed by atoms with E-state index >= 15 is 0 Å². The van der Waals surface area contributed by atoms with Crippen LogP contribution in [0.5, 0.6) is 0 Å². The molecule has 0 spiro atoms. The van der Waals surface area contributed by atoms with Gasteiger partial charge < -0.3 is 10.1 Å². The van der Waals surface area contributed by atoms with Gasteiger partial charge in [-0.15, -0.1) is 11.3 Å². The Bertz CT molecular complexity index is 890. The maximum Gasteiger partial charge on any atom is 0.416 e. The maximum absolute atomic E-state index is 12.7. The van der Waals surface area contributed by atoms with Crippen molar-refractivity contribution in [3.63, 3.8) is 0 Å². The van der Waals surface area contributed by atoms with Crippen molar-refractivity contribution < 1.29 is 22.7 Å². The van der Waals surface area contributed by atoms with Crippen LogP contribution in [-0.4, -0.2) is 41.1 Å². The fraction of sp³-hybridized carbons (Fsp3) is 0.524. The Morgan fingerprint density at radius 2 is 1.90 bits per heavy atom. The first-order chi connectivity index (χ1) is 14.2. The fourth-order valence-corrected chi connectivity index (χ4v) is 4.75. The first-order valence-corrected chi connectivity index (χ1v) is 10.9. The number of nitrogens with zero attached hydrogens (tertiary/aromatic N) is 2. The second-order valence-electron chi connectivity index (χ2n) is 8.15. The number of anilines is 1. The number of carbonyl (C=O) groups is 1. The summed E-state index contributed by atoms with van der Waals surface area (Å²) in [5.74, 6) is -0.396. The van der Waals surface area contributed by atoms with E-state index in [-0.39, 0.29) is 30.0 Å². The molecule has 2 fully saturated rings. The standard InChI is InChI=1S/C21H24F3N3O2S/c1-12-8-27(9-13(2)29-12)10-16-11-30-20(25-16)26-19(28)18-7-17(18)14-3-5-15(6-4-14)21(22,23)24/h3-6,11-13,17-18H,7-10H2,1-2H3,(H,25,26,28). The number of ether oxygens (including phenoxy) is 1. The topological polar surface area (TPSA) is 54.5 Å². The minimum Gasteiger partial charge on any atom is -0.373 e. The van der Waals surface area contributed by atoms with Crippen molar-refractivity contribution in [1.29, 1.82) is 0 Å². The number of rotatable bonds is 5. The molecule has 1 saturated heterocycles. The molecule has 0 bridgehead atoms. The van der Waals surface area contributed by atoms with Gasteiger partial charge in [-0.05, 0) is 43.9 Å². The smallest absolute Gasteiger partial charge is 0.373 e. The van der Waals surface area contributed by atoms with E-state index in [0.717, 1.165) is 36.5 Å².